The van der Waals surface area contributed by atoms with Gasteiger partial charge in [-0.15, -0.1) is 0 Å². The Kier molecular flexibility index (Phi) is 7.22. The normalized spacial score (nSPS) is 16.7. The van der Waals surface area contributed by atoms with Crippen molar-refractivity contribution >= 4 is 0 Å². The smallest absolute Gasteiger partial charge is 0.164 e. The highest BCUT2D eigenvalue weighted by Crippen LogP contribution is 2.72. The van der Waals surface area contributed by atoms with Crippen LogP contribution in [0, 0.1) is 0 Å². The maximum atomic E-state index is 5.60. The van der Waals surface area contributed by atoms with Gasteiger partial charge >= 0.3 is 0 Å². The molecule has 1 heterocycles. The lowest BCUT2D eigenvalue weighted by Crippen LogP contribution is -2.44. The summed E-state index contributed by atoms with van der Waals surface area (Å²) in [6.07, 6.45) is 0. The monoisotopic (exact) mass is 913 g/mol. The second-order valence-corrected chi connectivity index (χ2v) is 21.2. The Hall–Kier alpha value is -8.79. The third-order valence-corrected chi connectivity index (χ3v) is 17.8. The Bertz CT molecular complexity index is 4180. The highest BCUT2D eigenvalue weighted by molar-refractivity contribution is 6.03. The second kappa shape index (κ2) is 13.3. The summed E-state index contributed by atoms with van der Waals surface area (Å²) in [4.78, 5) is 16.4. The van der Waals surface area contributed by atoms with Crippen molar-refractivity contribution in [1.82, 2.24) is 15.0 Å². The molecule has 2 spiro atoms. The minimum absolute atomic E-state index is 0.173. The van der Waals surface area contributed by atoms with Crippen LogP contribution in [-0.4, -0.2) is 15.0 Å². The van der Waals surface area contributed by atoms with E-state index in [1.54, 1.807) is 0 Å². The number of benzene rings is 10. The highest BCUT2D eigenvalue weighted by atomic mass is 15.0. The van der Waals surface area contributed by atoms with Gasteiger partial charge in [0.25, 0.3) is 0 Å². The maximum absolute atomic E-state index is 5.60. The van der Waals surface area contributed by atoms with Crippen molar-refractivity contribution < 1.29 is 0 Å². The predicted molar refractivity (Wildman–Crippen MR) is 288 cm³/mol. The summed E-state index contributed by atoms with van der Waals surface area (Å²) in [5, 5.41) is 0. The number of rotatable bonds is 3. The zero-order valence-corrected chi connectivity index (χ0v) is 39.7. The van der Waals surface area contributed by atoms with Gasteiger partial charge in [0.1, 0.15) is 0 Å². The van der Waals surface area contributed by atoms with Gasteiger partial charge in [0.15, 0.2) is 17.5 Å². The number of fused-ring (bicyclic) bond motifs is 24. The highest BCUT2D eigenvalue weighted by Gasteiger charge is 2.61. The minimum atomic E-state index is -0.674. The van der Waals surface area contributed by atoms with Crippen molar-refractivity contribution in [2.24, 2.45) is 0 Å². The van der Waals surface area contributed by atoms with E-state index in [-0.39, 0.29) is 11.3 Å². The van der Waals surface area contributed by atoms with Gasteiger partial charge in [-0.1, -0.05) is 226 Å². The van der Waals surface area contributed by atoms with Gasteiger partial charge in [0.05, 0.1) is 10.8 Å². The van der Waals surface area contributed by atoms with Crippen LogP contribution < -0.4 is 0 Å². The Morgan fingerprint density at radius 3 is 1.44 bits per heavy atom. The molecule has 3 nitrogen and oxygen atoms in total. The van der Waals surface area contributed by atoms with E-state index < -0.39 is 10.8 Å². The van der Waals surface area contributed by atoms with Gasteiger partial charge in [0.2, 0.25) is 0 Å². The Labute approximate surface area is 418 Å². The molecule has 0 saturated carbocycles. The van der Waals surface area contributed by atoms with Crippen LogP contribution in [0.25, 0.3) is 78.7 Å². The van der Waals surface area contributed by atoms with Gasteiger partial charge in [-0.05, 0) is 123 Å². The molecule has 1 atom stereocenters. The first-order valence-corrected chi connectivity index (χ1v) is 25.4. The molecule has 6 aliphatic rings. The van der Waals surface area contributed by atoms with E-state index in [0.717, 1.165) is 16.7 Å². The van der Waals surface area contributed by atoms with E-state index in [9.17, 15) is 0 Å². The molecule has 0 saturated heterocycles. The van der Waals surface area contributed by atoms with Crippen LogP contribution in [-0.2, 0) is 16.2 Å². The number of hydrogen-bond acceptors (Lipinski definition) is 3. The molecule has 10 aromatic carbocycles. The molecule has 0 amide bonds. The fourth-order valence-corrected chi connectivity index (χ4v) is 15.0. The molecule has 3 heteroatoms. The van der Waals surface area contributed by atoms with E-state index in [1.807, 2.05) is 0 Å². The van der Waals surface area contributed by atoms with Crippen LogP contribution in [0.15, 0.2) is 218 Å². The molecule has 0 N–H and O–H groups in total. The number of aromatic nitrogens is 3. The summed E-state index contributed by atoms with van der Waals surface area (Å²) in [5.41, 5.74) is 29.7. The van der Waals surface area contributed by atoms with E-state index in [0.29, 0.717) is 17.5 Å². The summed E-state index contributed by atoms with van der Waals surface area (Å²) in [6.45, 7) is 4.67. The average Bonchev–Trinajstić information content (AvgIpc) is 3.69. The minimum Gasteiger partial charge on any atom is -0.208 e. The molecular weight excluding hydrogens is 871 g/mol. The molecule has 334 valence electrons. The lowest BCUT2D eigenvalue weighted by Gasteiger charge is -2.49. The zero-order chi connectivity index (χ0) is 47.2. The number of nitrogens with zero attached hydrogens (tertiary/aromatic N) is 3. The molecule has 0 fully saturated rings. The van der Waals surface area contributed by atoms with E-state index >= 15 is 0 Å². The van der Waals surface area contributed by atoms with Gasteiger partial charge in [-0.2, -0.15) is 0 Å². The summed E-state index contributed by atoms with van der Waals surface area (Å²) in [7, 11) is 0. The first kappa shape index (κ1) is 39.0. The fourth-order valence-electron chi connectivity index (χ4n) is 15.0. The largest absolute Gasteiger partial charge is 0.208 e. The van der Waals surface area contributed by atoms with E-state index in [2.05, 4.69) is 232 Å². The van der Waals surface area contributed by atoms with Crippen molar-refractivity contribution in [3.63, 3.8) is 0 Å². The van der Waals surface area contributed by atoms with Crippen LogP contribution in [0.1, 0.15) is 92.1 Å². The SMILES string of the molecule is CC1(C)c2ccccc2-c2ccc(-c3nc(-c4ccccc4)nc(-c4cccc5c4-c4ccc6c(c4C54c5ccccc5C5(c7ccccc7-c7ccccc75)c5ccccc54)C4c5cccc-6c54)n3)cc21. The third kappa shape index (κ3) is 4.49. The summed E-state index contributed by atoms with van der Waals surface area (Å²) < 4.78 is 0. The van der Waals surface area contributed by atoms with Crippen molar-refractivity contribution in [3.8, 4) is 78.7 Å². The molecule has 17 rings (SSSR count). The molecule has 1 unspecified atom stereocenters. The van der Waals surface area contributed by atoms with Crippen molar-refractivity contribution in [3.05, 3.63) is 291 Å². The molecule has 0 bridgehead atoms. The molecule has 0 aliphatic heterocycles. The van der Waals surface area contributed by atoms with Crippen LogP contribution in [0.4, 0.5) is 0 Å². The van der Waals surface area contributed by atoms with Gasteiger partial charge < -0.3 is 0 Å². The first-order valence-electron chi connectivity index (χ1n) is 25.4. The zero-order valence-electron chi connectivity index (χ0n) is 39.7. The maximum Gasteiger partial charge on any atom is 0.164 e. The molecule has 1 aromatic heterocycles. The lowest BCUT2D eigenvalue weighted by molar-refractivity contribution is 0.630. The molecule has 72 heavy (non-hydrogen) atoms. The van der Waals surface area contributed by atoms with E-state index in [1.165, 1.54) is 117 Å². The lowest BCUT2D eigenvalue weighted by atomic mass is 9.52. The van der Waals surface area contributed by atoms with Gasteiger partial charge in [0, 0.05) is 28.0 Å². The van der Waals surface area contributed by atoms with Crippen LogP contribution in [0.2, 0.25) is 0 Å². The van der Waals surface area contributed by atoms with Crippen LogP contribution >= 0.6 is 0 Å². The van der Waals surface area contributed by atoms with E-state index in [4.69, 9.17) is 15.0 Å². The van der Waals surface area contributed by atoms with Crippen LogP contribution in [0.5, 0.6) is 0 Å². The molecule has 0 radical (unpaired) electrons. The predicted octanol–water partition coefficient (Wildman–Crippen LogP) is 15.7. The average molecular weight is 914 g/mol. The van der Waals surface area contributed by atoms with Gasteiger partial charge in [-0.25, -0.2) is 15.0 Å². The standard InChI is InChI=1S/C69H43N3/c1-67(2)50-26-9-6-20-41(50)44-35-34-40(38-58(44)67)65-70-64(39-18-4-3-5-19-39)71-66(72-65)49-25-17-33-57-59(49)48-37-36-46-45-23-16-24-47-60(45)61(47)62(46)63(48)69(57)55-31-14-12-29-53(55)68(54-30-13-15-32-56(54)69)51-27-10-7-21-42(51)43-22-8-11-28-52(43)68/h3-38,61H,1-2H3. The number of hydrogen-bond donors (Lipinski definition) is 0. The quantitative estimate of drug-likeness (QED) is 0.177. The van der Waals surface area contributed by atoms with Crippen molar-refractivity contribution in [2.75, 3.05) is 0 Å². The first-order chi connectivity index (χ1) is 35.5. The second-order valence-electron chi connectivity index (χ2n) is 21.2. The molecule has 6 aliphatic carbocycles. The Balaban J connectivity index is 0.973. The van der Waals surface area contributed by atoms with Crippen LogP contribution in [0.3, 0.4) is 0 Å². The fraction of sp³-hybridized carbons (Fsp3) is 0.0870. The van der Waals surface area contributed by atoms with Crippen molar-refractivity contribution in [1.29, 1.82) is 0 Å². The third-order valence-electron chi connectivity index (χ3n) is 17.8. The Morgan fingerprint density at radius 1 is 0.306 bits per heavy atom. The summed E-state index contributed by atoms with van der Waals surface area (Å²) >= 11 is 0. The molecular formula is C69H43N3. The van der Waals surface area contributed by atoms with Gasteiger partial charge in [-0.3, -0.25) is 0 Å². The summed E-state index contributed by atoms with van der Waals surface area (Å²) in [6, 6.07) is 82.0. The molecule has 11 aromatic rings. The van der Waals surface area contributed by atoms with Crippen molar-refractivity contribution in [2.45, 2.75) is 36.0 Å². The topological polar surface area (TPSA) is 38.7 Å². The summed E-state index contributed by atoms with van der Waals surface area (Å²) in [5.74, 6) is 2.26. The Morgan fingerprint density at radius 2 is 0.764 bits per heavy atom.